The Balaban J connectivity index is 2.15. The lowest BCUT2D eigenvalue weighted by Crippen LogP contribution is -2.46. The van der Waals surface area contributed by atoms with Gasteiger partial charge in [-0.05, 0) is 24.0 Å². The Morgan fingerprint density at radius 3 is 2.28 bits per heavy atom. The summed E-state index contributed by atoms with van der Waals surface area (Å²) in [5, 5.41) is 12.7. The lowest BCUT2D eigenvalue weighted by molar-refractivity contribution is -0.0690. The SMILES string of the molecule is CCc1cccc(CC)c1NCC1(C#N)COC1. The Labute approximate surface area is 109 Å². The molecular weight excluding hydrogens is 224 g/mol. The first-order valence-corrected chi connectivity index (χ1v) is 6.58. The van der Waals surface area contributed by atoms with Gasteiger partial charge in [-0.25, -0.2) is 0 Å². The first-order valence-electron chi connectivity index (χ1n) is 6.58. The summed E-state index contributed by atoms with van der Waals surface area (Å²) in [6, 6.07) is 8.78. The van der Waals surface area contributed by atoms with E-state index in [1.807, 2.05) is 0 Å². The Kier molecular flexibility index (Phi) is 3.88. The van der Waals surface area contributed by atoms with Crippen molar-refractivity contribution in [3.8, 4) is 6.07 Å². The number of nitriles is 1. The largest absolute Gasteiger partial charge is 0.383 e. The Hall–Kier alpha value is -1.53. The van der Waals surface area contributed by atoms with E-state index in [1.54, 1.807) is 0 Å². The van der Waals surface area contributed by atoms with Crippen molar-refractivity contribution in [2.75, 3.05) is 25.1 Å². The second kappa shape index (κ2) is 5.41. The van der Waals surface area contributed by atoms with E-state index in [4.69, 9.17) is 4.74 Å². The van der Waals surface area contributed by atoms with E-state index < -0.39 is 0 Å². The molecule has 1 N–H and O–H groups in total. The van der Waals surface area contributed by atoms with Crippen molar-refractivity contribution in [1.29, 1.82) is 5.26 Å². The van der Waals surface area contributed by atoms with Gasteiger partial charge in [0.2, 0.25) is 0 Å². The molecular formula is C15H20N2O. The van der Waals surface area contributed by atoms with E-state index in [9.17, 15) is 5.26 Å². The van der Waals surface area contributed by atoms with Gasteiger partial charge in [-0.15, -0.1) is 0 Å². The fraction of sp³-hybridized carbons (Fsp3) is 0.533. The predicted molar refractivity (Wildman–Crippen MR) is 72.6 cm³/mol. The summed E-state index contributed by atoms with van der Waals surface area (Å²) in [7, 11) is 0. The molecule has 0 unspecified atom stereocenters. The number of nitrogens with one attached hydrogen (secondary N) is 1. The highest BCUT2D eigenvalue weighted by molar-refractivity contribution is 5.58. The van der Waals surface area contributed by atoms with Crippen molar-refractivity contribution in [2.45, 2.75) is 26.7 Å². The van der Waals surface area contributed by atoms with Gasteiger partial charge in [0.25, 0.3) is 0 Å². The van der Waals surface area contributed by atoms with Gasteiger partial charge >= 0.3 is 0 Å². The molecule has 1 aromatic rings. The van der Waals surface area contributed by atoms with Crippen LogP contribution in [0.2, 0.25) is 0 Å². The highest BCUT2D eigenvalue weighted by Crippen LogP contribution is 2.29. The van der Waals surface area contributed by atoms with Gasteiger partial charge in [-0.2, -0.15) is 5.26 Å². The van der Waals surface area contributed by atoms with E-state index in [0.29, 0.717) is 19.8 Å². The molecule has 0 saturated carbocycles. The second-order valence-corrected chi connectivity index (χ2v) is 4.90. The van der Waals surface area contributed by atoms with Crippen LogP contribution in [0.3, 0.4) is 0 Å². The van der Waals surface area contributed by atoms with Crippen molar-refractivity contribution in [2.24, 2.45) is 5.41 Å². The van der Waals surface area contributed by atoms with Gasteiger partial charge in [0, 0.05) is 12.2 Å². The first kappa shape index (κ1) is 12.9. The first-order chi connectivity index (χ1) is 8.74. The van der Waals surface area contributed by atoms with Crippen LogP contribution in [0.5, 0.6) is 0 Å². The molecule has 1 aromatic carbocycles. The maximum atomic E-state index is 9.20. The molecule has 1 fully saturated rings. The smallest absolute Gasteiger partial charge is 0.121 e. The molecule has 96 valence electrons. The van der Waals surface area contributed by atoms with Crippen LogP contribution >= 0.6 is 0 Å². The van der Waals surface area contributed by atoms with Crippen molar-refractivity contribution >= 4 is 5.69 Å². The molecule has 1 aliphatic heterocycles. The van der Waals surface area contributed by atoms with Gasteiger partial charge in [0.15, 0.2) is 0 Å². The second-order valence-electron chi connectivity index (χ2n) is 4.90. The van der Waals surface area contributed by atoms with Gasteiger partial charge in [-0.1, -0.05) is 32.0 Å². The fourth-order valence-corrected chi connectivity index (χ4v) is 2.28. The molecule has 18 heavy (non-hydrogen) atoms. The quantitative estimate of drug-likeness (QED) is 0.866. The van der Waals surface area contributed by atoms with E-state index >= 15 is 0 Å². The number of nitrogens with zero attached hydrogens (tertiary/aromatic N) is 1. The molecule has 0 aliphatic carbocycles. The lowest BCUT2D eigenvalue weighted by Gasteiger charge is -2.35. The number of aryl methyl sites for hydroxylation is 2. The number of hydrogen-bond acceptors (Lipinski definition) is 3. The third-order valence-electron chi connectivity index (χ3n) is 3.60. The zero-order valence-electron chi connectivity index (χ0n) is 11.1. The number of anilines is 1. The lowest BCUT2D eigenvalue weighted by atomic mass is 9.87. The molecule has 1 aliphatic rings. The van der Waals surface area contributed by atoms with Crippen LogP contribution in [-0.2, 0) is 17.6 Å². The van der Waals surface area contributed by atoms with Gasteiger partial charge in [0.1, 0.15) is 5.41 Å². The van der Waals surface area contributed by atoms with E-state index in [1.165, 1.54) is 16.8 Å². The number of benzene rings is 1. The summed E-state index contributed by atoms with van der Waals surface area (Å²) in [4.78, 5) is 0. The topological polar surface area (TPSA) is 45.0 Å². The van der Waals surface area contributed by atoms with Gasteiger partial charge < -0.3 is 10.1 Å². The van der Waals surface area contributed by atoms with Crippen LogP contribution in [0.1, 0.15) is 25.0 Å². The molecule has 0 aromatic heterocycles. The van der Waals surface area contributed by atoms with E-state index in [0.717, 1.165) is 12.8 Å². The summed E-state index contributed by atoms with van der Waals surface area (Å²) < 4.78 is 5.17. The highest BCUT2D eigenvalue weighted by atomic mass is 16.5. The minimum Gasteiger partial charge on any atom is -0.383 e. The zero-order valence-corrected chi connectivity index (χ0v) is 11.1. The fourth-order valence-electron chi connectivity index (χ4n) is 2.28. The molecule has 0 radical (unpaired) electrons. The minimum absolute atomic E-state index is 0.328. The molecule has 0 spiro atoms. The molecule has 3 nitrogen and oxygen atoms in total. The van der Waals surface area contributed by atoms with Gasteiger partial charge in [0.05, 0.1) is 19.3 Å². The predicted octanol–water partition coefficient (Wildman–Crippen LogP) is 2.76. The summed E-state index contributed by atoms with van der Waals surface area (Å²) in [6.45, 7) is 6.09. The number of para-hydroxylation sites is 1. The number of ether oxygens (including phenoxy) is 1. The van der Waals surface area contributed by atoms with Crippen molar-refractivity contribution < 1.29 is 4.74 Å². The Morgan fingerprint density at radius 2 is 1.89 bits per heavy atom. The number of rotatable bonds is 5. The number of hydrogen-bond donors (Lipinski definition) is 1. The van der Waals surface area contributed by atoms with Crippen molar-refractivity contribution in [1.82, 2.24) is 0 Å². The standard InChI is InChI=1S/C15H20N2O/c1-3-12-6-5-7-13(4-2)14(12)17-9-15(8-16)10-18-11-15/h5-7,17H,3-4,9-11H2,1-2H3. The molecule has 1 saturated heterocycles. The molecule has 2 rings (SSSR count). The third-order valence-corrected chi connectivity index (χ3v) is 3.60. The maximum Gasteiger partial charge on any atom is 0.121 e. The minimum atomic E-state index is -0.328. The van der Waals surface area contributed by atoms with Gasteiger partial charge in [-0.3, -0.25) is 0 Å². The van der Waals surface area contributed by atoms with E-state index in [-0.39, 0.29) is 5.41 Å². The zero-order chi connectivity index (χ0) is 13.0. The van der Waals surface area contributed by atoms with Crippen molar-refractivity contribution in [3.63, 3.8) is 0 Å². The molecule has 1 heterocycles. The average molecular weight is 244 g/mol. The van der Waals surface area contributed by atoms with Crippen LogP contribution in [0.25, 0.3) is 0 Å². The third kappa shape index (κ3) is 2.34. The normalized spacial score (nSPS) is 16.7. The average Bonchev–Trinajstić information content (AvgIpc) is 2.37. The summed E-state index contributed by atoms with van der Waals surface area (Å²) in [5.74, 6) is 0. The Morgan fingerprint density at radius 1 is 1.28 bits per heavy atom. The van der Waals surface area contributed by atoms with E-state index in [2.05, 4.69) is 43.4 Å². The summed E-state index contributed by atoms with van der Waals surface area (Å²) >= 11 is 0. The maximum absolute atomic E-state index is 9.20. The van der Waals surface area contributed by atoms with Crippen LogP contribution in [-0.4, -0.2) is 19.8 Å². The monoisotopic (exact) mass is 244 g/mol. The van der Waals surface area contributed by atoms with Crippen LogP contribution in [0.15, 0.2) is 18.2 Å². The molecule has 0 atom stereocenters. The van der Waals surface area contributed by atoms with Crippen LogP contribution < -0.4 is 5.32 Å². The summed E-state index contributed by atoms with van der Waals surface area (Å²) in [6.07, 6.45) is 2.01. The molecule has 0 amide bonds. The van der Waals surface area contributed by atoms with Crippen LogP contribution in [0, 0.1) is 16.7 Å². The molecule has 0 bridgehead atoms. The molecule has 3 heteroatoms. The van der Waals surface area contributed by atoms with Crippen molar-refractivity contribution in [3.05, 3.63) is 29.3 Å². The highest BCUT2D eigenvalue weighted by Gasteiger charge is 2.38. The summed E-state index contributed by atoms with van der Waals surface area (Å²) in [5.41, 5.74) is 3.53. The Bertz CT molecular complexity index is 436. The van der Waals surface area contributed by atoms with Crippen LogP contribution in [0.4, 0.5) is 5.69 Å².